The Morgan fingerprint density at radius 2 is 1.25 bits per heavy atom. The summed E-state index contributed by atoms with van der Waals surface area (Å²) in [7, 11) is 0. The number of benzene rings is 6. The predicted octanol–water partition coefficient (Wildman–Crippen LogP) is 12.8. The number of hydrogen-bond acceptors (Lipinski definition) is 2. The van der Waals surface area contributed by atoms with Gasteiger partial charge >= 0.3 is 0 Å². The maximum absolute atomic E-state index is 5.24. The predicted molar refractivity (Wildman–Crippen MR) is 206 cm³/mol. The van der Waals surface area contributed by atoms with Crippen LogP contribution in [0.15, 0.2) is 170 Å². The molecule has 0 N–H and O–H groups in total. The van der Waals surface area contributed by atoms with Crippen LogP contribution < -0.4 is 0 Å². The highest BCUT2D eigenvalue weighted by Crippen LogP contribution is 2.34. The first-order valence-corrected chi connectivity index (χ1v) is 16.7. The average molecular weight is 619 g/mol. The first-order valence-electron chi connectivity index (χ1n) is 16.7. The molecule has 0 aliphatic rings. The topological polar surface area (TPSA) is 25.8 Å². The standard InChI is InChI=1S/C46H38N2/c1-4-13-33(25-24-32(3)5-2)37-18-10-20-40(29-37)44-31-45(48-46(47-44)43-23-12-17-35-15-8-9-22-42(35)43)41-21-11-19-38(30-41)39-27-26-34-14-6-7-16-36(34)28-39/h4,6-23,25-31H,3,5,24H2,1-2H3/b13-4-,33-25+. The van der Waals surface area contributed by atoms with Crippen molar-refractivity contribution < 1.29 is 0 Å². The van der Waals surface area contributed by atoms with E-state index in [0.717, 1.165) is 57.4 Å². The van der Waals surface area contributed by atoms with Crippen LogP contribution in [-0.4, -0.2) is 9.97 Å². The minimum atomic E-state index is 0.712. The van der Waals surface area contributed by atoms with Crippen LogP contribution in [0.25, 0.3) is 72.1 Å². The minimum absolute atomic E-state index is 0.712. The monoisotopic (exact) mass is 618 g/mol. The number of allylic oxidation sites excluding steroid dienone is 5. The van der Waals surface area contributed by atoms with Crippen LogP contribution in [0, 0.1) is 0 Å². The quantitative estimate of drug-likeness (QED) is 0.119. The largest absolute Gasteiger partial charge is 0.228 e. The third-order valence-corrected chi connectivity index (χ3v) is 8.95. The Hall–Kier alpha value is -5.86. The molecule has 0 saturated heterocycles. The van der Waals surface area contributed by atoms with E-state index in [9.17, 15) is 0 Å². The number of hydrogen-bond donors (Lipinski definition) is 0. The van der Waals surface area contributed by atoms with Crippen LogP contribution in [-0.2, 0) is 0 Å². The van der Waals surface area contributed by atoms with Crippen molar-refractivity contribution in [2.75, 3.05) is 0 Å². The Kier molecular flexibility index (Phi) is 8.89. The fourth-order valence-corrected chi connectivity index (χ4v) is 6.23. The van der Waals surface area contributed by atoms with Crippen LogP contribution in [0.1, 0.15) is 32.3 Å². The summed E-state index contributed by atoms with van der Waals surface area (Å²) in [5.74, 6) is 0.712. The molecule has 0 fully saturated rings. The van der Waals surface area contributed by atoms with Crippen LogP contribution in [0.4, 0.5) is 0 Å². The molecule has 1 heterocycles. The molecule has 48 heavy (non-hydrogen) atoms. The highest BCUT2D eigenvalue weighted by atomic mass is 14.9. The summed E-state index contributed by atoms with van der Waals surface area (Å²) in [6, 6.07) is 49.5. The molecular formula is C46H38N2. The fraction of sp³-hybridized carbons (Fsp3) is 0.0870. The van der Waals surface area contributed by atoms with E-state index in [2.05, 4.69) is 178 Å². The lowest BCUT2D eigenvalue weighted by atomic mass is 9.97. The molecule has 7 aromatic rings. The minimum Gasteiger partial charge on any atom is -0.228 e. The van der Waals surface area contributed by atoms with E-state index in [-0.39, 0.29) is 0 Å². The van der Waals surface area contributed by atoms with Crippen molar-refractivity contribution >= 4 is 27.1 Å². The number of fused-ring (bicyclic) bond motifs is 2. The van der Waals surface area contributed by atoms with Gasteiger partial charge in [0.15, 0.2) is 5.82 Å². The second kappa shape index (κ2) is 13.9. The van der Waals surface area contributed by atoms with E-state index in [0.29, 0.717) is 5.82 Å². The summed E-state index contributed by atoms with van der Waals surface area (Å²) in [4.78, 5) is 10.5. The highest BCUT2D eigenvalue weighted by molar-refractivity contribution is 5.96. The van der Waals surface area contributed by atoms with E-state index in [1.54, 1.807) is 0 Å². The van der Waals surface area contributed by atoms with Crippen molar-refractivity contribution in [3.63, 3.8) is 0 Å². The zero-order chi connectivity index (χ0) is 32.9. The zero-order valence-corrected chi connectivity index (χ0v) is 27.5. The zero-order valence-electron chi connectivity index (χ0n) is 27.5. The van der Waals surface area contributed by atoms with E-state index in [1.807, 2.05) is 0 Å². The lowest BCUT2D eigenvalue weighted by Crippen LogP contribution is -1.97. The average Bonchev–Trinajstić information content (AvgIpc) is 3.15. The van der Waals surface area contributed by atoms with Crippen molar-refractivity contribution in [1.82, 2.24) is 9.97 Å². The van der Waals surface area contributed by atoms with Gasteiger partial charge in [-0.05, 0) is 87.8 Å². The summed E-state index contributed by atoms with van der Waals surface area (Å²) in [5.41, 5.74) is 10.8. The van der Waals surface area contributed by atoms with Crippen molar-refractivity contribution in [2.24, 2.45) is 0 Å². The summed E-state index contributed by atoms with van der Waals surface area (Å²) in [6.07, 6.45) is 8.37. The third-order valence-electron chi connectivity index (χ3n) is 8.95. The Balaban J connectivity index is 1.38. The number of aromatic nitrogens is 2. The van der Waals surface area contributed by atoms with Crippen LogP contribution in [0.5, 0.6) is 0 Å². The van der Waals surface area contributed by atoms with Gasteiger partial charge < -0.3 is 0 Å². The van der Waals surface area contributed by atoms with Gasteiger partial charge in [0.1, 0.15) is 0 Å². The van der Waals surface area contributed by atoms with Gasteiger partial charge in [0.2, 0.25) is 0 Å². The van der Waals surface area contributed by atoms with Gasteiger partial charge in [0, 0.05) is 16.7 Å². The summed E-state index contributed by atoms with van der Waals surface area (Å²) in [5, 5.41) is 4.77. The lowest BCUT2D eigenvalue weighted by Gasteiger charge is -2.13. The first kappa shape index (κ1) is 30.8. The van der Waals surface area contributed by atoms with Crippen molar-refractivity contribution in [2.45, 2.75) is 26.7 Å². The molecule has 0 unspecified atom stereocenters. The van der Waals surface area contributed by atoms with Crippen molar-refractivity contribution in [1.29, 1.82) is 0 Å². The van der Waals surface area contributed by atoms with E-state index in [4.69, 9.17) is 9.97 Å². The van der Waals surface area contributed by atoms with Gasteiger partial charge in [0.25, 0.3) is 0 Å². The van der Waals surface area contributed by atoms with Gasteiger partial charge in [-0.3, -0.25) is 0 Å². The highest BCUT2D eigenvalue weighted by Gasteiger charge is 2.14. The van der Waals surface area contributed by atoms with Gasteiger partial charge in [-0.25, -0.2) is 9.97 Å². The molecule has 0 radical (unpaired) electrons. The molecule has 1 aromatic heterocycles. The molecule has 2 nitrogen and oxygen atoms in total. The molecule has 0 atom stereocenters. The van der Waals surface area contributed by atoms with Crippen LogP contribution >= 0.6 is 0 Å². The number of rotatable bonds is 9. The molecule has 0 amide bonds. The van der Waals surface area contributed by atoms with Crippen molar-refractivity contribution in [3.8, 4) is 45.0 Å². The Bertz CT molecular complexity index is 2330. The Morgan fingerprint density at radius 3 is 2.04 bits per heavy atom. The Morgan fingerprint density at radius 1 is 0.604 bits per heavy atom. The third kappa shape index (κ3) is 6.52. The van der Waals surface area contributed by atoms with Gasteiger partial charge in [-0.2, -0.15) is 0 Å². The molecule has 0 bridgehead atoms. The molecule has 0 aliphatic carbocycles. The number of nitrogens with zero attached hydrogens (tertiary/aromatic N) is 2. The van der Waals surface area contributed by atoms with Crippen LogP contribution in [0.3, 0.4) is 0 Å². The summed E-state index contributed by atoms with van der Waals surface area (Å²) >= 11 is 0. The van der Waals surface area contributed by atoms with Crippen molar-refractivity contribution in [3.05, 3.63) is 175 Å². The van der Waals surface area contributed by atoms with Gasteiger partial charge in [-0.1, -0.05) is 153 Å². The second-order valence-electron chi connectivity index (χ2n) is 12.2. The SMILES string of the molecule is C=C(CC)C/C=C(\C=C/C)c1cccc(-c2cc(-c3cccc(-c4ccc5ccccc5c4)c3)nc(-c3cccc4ccccc34)n2)c1. The van der Waals surface area contributed by atoms with Gasteiger partial charge in [0.05, 0.1) is 11.4 Å². The summed E-state index contributed by atoms with van der Waals surface area (Å²) in [6.45, 7) is 8.43. The molecule has 0 saturated carbocycles. The Labute approximate surface area is 283 Å². The second-order valence-corrected chi connectivity index (χ2v) is 12.2. The lowest BCUT2D eigenvalue weighted by molar-refractivity contribution is 1.04. The van der Waals surface area contributed by atoms with E-state index in [1.165, 1.54) is 32.9 Å². The van der Waals surface area contributed by atoms with E-state index >= 15 is 0 Å². The van der Waals surface area contributed by atoms with Gasteiger partial charge in [-0.15, -0.1) is 0 Å². The molecule has 2 heteroatoms. The molecule has 7 rings (SSSR count). The molecule has 0 spiro atoms. The maximum atomic E-state index is 5.24. The van der Waals surface area contributed by atoms with E-state index < -0.39 is 0 Å². The molecule has 232 valence electrons. The molecule has 0 aliphatic heterocycles. The summed E-state index contributed by atoms with van der Waals surface area (Å²) < 4.78 is 0. The first-order chi connectivity index (χ1) is 23.6. The fourth-order valence-electron chi connectivity index (χ4n) is 6.23. The molecular weight excluding hydrogens is 581 g/mol. The van der Waals surface area contributed by atoms with Crippen LogP contribution in [0.2, 0.25) is 0 Å². The maximum Gasteiger partial charge on any atom is 0.161 e. The molecule has 6 aromatic carbocycles. The normalized spacial score (nSPS) is 11.8. The smallest absolute Gasteiger partial charge is 0.161 e.